The van der Waals surface area contributed by atoms with Gasteiger partial charge in [0, 0.05) is 6.42 Å². The lowest BCUT2D eigenvalue weighted by Gasteiger charge is -2.01. The normalized spacial score (nSPS) is 9.27. The molecule has 15 heavy (non-hydrogen) atoms. The third-order valence-corrected chi connectivity index (χ3v) is 2.17. The maximum Gasteiger partial charge on any atom is 0.149 e. The van der Waals surface area contributed by atoms with E-state index in [0.717, 1.165) is 0 Å². The Morgan fingerprint density at radius 1 is 1.53 bits per heavy atom. The van der Waals surface area contributed by atoms with Crippen molar-refractivity contribution in [1.82, 2.24) is 0 Å². The second kappa shape index (κ2) is 5.53. The quantitative estimate of drug-likeness (QED) is 0.722. The summed E-state index contributed by atoms with van der Waals surface area (Å²) in [6.45, 7) is 1.66. The summed E-state index contributed by atoms with van der Waals surface area (Å²) in [7, 11) is 0. The highest BCUT2D eigenvalue weighted by Gasteiger charge is 2.09. The molecular formula is C12H10ClFO. The summed E-state index contributed by atoms with van der Waals surface area (Å²) >= 11 is 5.59. The summed E-state index contributed by atoms with van der Waals surface area (Å²) in [5.74, 6) is 4.64. The minimum atomic E-state index is -0.517. The molecule has 0 unspecified atom stereocenters. The van der Waals surface area contributed by atoms with Crippen molar-refractivity contribution < 1.29 is 9.18 Å². The van der Waals surface area contributed by atoms with E-state index in [1.807, 2.05) is 0 Å². The first-order valence-corrected chi connectivity index (χ1v) is 4.87. The van der Waals surface area contributed by atoms with E-state index in [1.54, 1.807) is 19.1 Å². The van der Waals surface area contributed by atoms with Gasteiger partial charge >= 0.3 is 0 Å². The van der Waals surface area contributed by atoms with Crippen molar-refractivity contribution in [3.63, 3.8) is 0 Å². The summed E-state index contributed by atoms with van der Waals surface area (Å²) in [5.41, 5.74) is 0.324. The topological polar surface area (TPSA) is 17.1 Å². The van der Waals surface area contributed by atoms with Crippen molar-refractivity contribution in [3.05, 3.63) is 34.6 Å². The molecule has 1 aromatic rings. The Balaban J connectivity index is 2.75. The van der Waals surface area contributed by atoms with E-state index in [1.165, 1.54) is 6.07 Å². The number of rotatable bonds is 3. The highest BCUT2D eigenvalue weighted by atomic mass is 35.5. The fourth-order valence-corrected chi connectivity index (χ4v) is 1.34. The molecule has 1 nitrogen and oxygen atoms in total. The Morgan fingerprint density at radius 2 is 2.27 bits per heavy atom. The number of ketones is 1. The predicted octanol–water partition coefficient (Wildman–Crippen LogP) is 3.00. The molecule has 0 amide bonds. The molecule has 78 valence electrons. The van der Waals surface area contributed by atoms with Crippen molar-refractivity contribution in [3.8, 4) is 11.8 Å². The first-order chi connectivity index (χ1) is 7.15. The van der Waals surface area contributed by atoms with E-state index < -0.39 is 5.82 Å². The van der Waals surface area contributed by atoms with Gasteiger partial charge in [-0.25, -0.2) is 4.39 Å². The second-order valence-corrected chi connectivity index (χ2v) is 3.44. The van der Waals surface area contributed by atoms with Gasteiger partial charge in [-0.2, -0.15) is 0 Å². The third-order valence-electron chi connectivity index (χ3n) is 1.88. The SMILES string of the molecule is CC#CCC(=O)Cc1cccc(Cl)c1F. The molecule has 0 bridgehead atoms. The van der Waals surface area contributed by atoms with Crippen molar-refractivity contribution in [2.45, 2.75) is 19.8 Å². The highest BCUT2D eigenvalue weighted by molar-refractivity contribution is 6.30. The number of halogens is 2. The fourth-order valence-electron chi connectivity index (χ4n) is 1.15. The molecule has 0 spiro atoms. The number of Topliss-reactive ketones (excluding diaryl/α,β-unsaturated/α-hetero) is 1. The van der Waals surface area contributed by atoms with Gasteiger partial charge < -0.3 is 0 Å². The van der Waals surface area contributed by atoms with Crippen LogP contribution in [0.15, 0.2) is 18.2 Å². The number of hydrogen-bond acceptors (Lipinski definition) is 1. The Kier molecular flexibility index (Phi) is 4.33. The molecule has 0 radical (unpaired) electrons. The highest BCUT2D eigenvalue weighted by Crippen LogP contribution is 2.18. The molecule has 0 fully saturated rings. The molecule has 3 heteroatoms. The second-order valence-electron chi connectivity index (χ2n) is 3.03. The lowest BCUT2D eigenvalue weighted by Crippen LogP contribution is -2.03. The summed E-state index contributed by atoms with van der Waals surface area (Å²) in [6.07, 6.45) is 0.198. The van der Waals surface area contributed by atoms with Crippen molar-refractivity contribution >= 4 is 17.4 Å². The summed E-state index contributed by atoms with van der Waals surface area (Å²) < 4.78 is 13.4. The van der Waals surface area contributed by atoms with Gasteiger partial charge in [0.05, 0.1) is 11.4 Å². The molecule has 0 N–H and O–H groups in total. The average molecular weight is 225 g/mol. The fraction of sp³-hybridized carbons (Fsp3) is 0.250. The van der Waals surface area contributed by atoms with Crippen LogP contribution in [-0.4, -0.2) is 5.78 Å². The van der Waals surface area contributed by atoms with Gasteiger partial charge in [0.25, 0.3) is 0 Å². The molecule has 0 aliphatic carbocycles. The monoisotopic (exact) mass is 224 g/mol. The Labute approximate surface area is 93.3 Å². The van der Waals surface area contributed by atoms with Crippen LogP contribution < -0.4 is 0 Å². The number of carbonyl (C=O) groups excluding carboxylic acids is 1. The number of benzene rings is 1. The maximum atomic E-state index is 13.4. The summed E-state index contributed by atoms with van der Waals surface area (Å²) in [6, 6.07) is 4.63. The van der Waals surface area contributed by atoms with Gasteiger partial charge in [-0.1, -0.05) is 29.7 Å². The van der Waals surface area contributed by atoms with E-state index >= 15 is 0 Å². The Morgan fingerprint density at radius 3 is 2.93 bits per heavy atom. The Bertz CT molecular complexity index is 429. The van der Waals surface area contributed by atoms with E-state index in [-0.39, 0.29) is 23.6 Å². The first kappa shape index (κ1) is 11.7. The predicted molar refractivity (Wildman–Crippen MR) is 58.2 cm³/mol. The molecule has 0 heterocycles. The van der Waals surface area contributed by atoms with Crippen LogP contribution in [0.2, 0.25) is 5.02 Å². The van der Waals surface area contributed by atoms with Crippen molar-refractivity contribution in [1.29, 1.82) is 0 Å². The smallest absolute Gasteiger partial charge is 0.149 e. The van der Waals surface area contributed by atoms with Crippen molar-refractivity contribution in [2.24, 2.45) is 0 Å². The van der Waals surface area contributed by atoms with Crippen molar-refractivity contribution in [2.75, 3.05) is 0 Å². The number of carbonyl (C=O) groups is 1. The van der Waals surface area contributed by atoms with Gasteiger partial charge in [0.1, 0.15) is 11.6 Å². The van der Waals surface area contributed by atoms with Crippen LogP contribution in [0.1, 0.15) is 18.9 Å². The van der Waals surface area contributed by atoms with Gasteiger partial charge in [-0.05, 0) is 18.6 Å². The standard InChI is InChI=1S/C12H10ClFO/c1-2-3-6-10(15)8-9-5-4-7-11(13)12(9)14/h4-5,7H,6,8H2,1H3. The lowest BCUT2D eigenvalue weighted by molar-refractivity contribution is -0.117. The van der Waals surface area contributed by atoms with Crippen LogP contribution in [0.4, 0.5) is 4.39 Å². The minimum Gasteiger partial charge on any atom is -0.298 e. The third kappa shape index (κ3) is 3.38. The van der Waals surface area contributed by atoms with Gasteiger partial charge in [-0.3, -0.25) is 4.79 Å². The molecule has 0 saturated carbocycles. The van der Waals surface area contributed by atoms with Crippen LogP contribution in [0, 0.1) is 17.7 Å². The summed E-state index contributed by atoms with van der Waals surface area (Å²) in [5, 5.41) is 0.0434. The van der Waals surface area contributed by atoms with E-state index in [0.29, 0.717) is 5.56 Å². The molecule has 1 aromatic carbocycles. The molecular weight excluding hydrogens is 215 g/mol. The summed E-state index contributed by atoms with van der Waals surface area (Å²) in [4.78, 5) is 11.3. The zero-order valence-corrected chi connectivity index (χ0v) is 9.07. The maximum absolute atomic E-state index is 13.4. The molecule has 0 aliphatic rings. The Hall–Kier alpha value is -1.33. The number of hydrogen-bond donors (Lipinski definition) is 0. The van der Waals surface area contributed by atoms with Crippen LogP contribution >= 0.6 is 11.6 Å². The van der Waals surface area contributed by atoms with Gasteiger partial charge in [-0.15, -0.1) is 5.92 Å². The van der Waals surface area contributed by atoms with E-state index in [9.17, 15) is 9.18 Å². The molecule has 0 aliphatic heterocycles. The zero-order valence-electron chi connectivity index (χ0n) is 8.31. The lowest BCUT2D eigenvalue weighted by atomic mass is 10.1. The first-order valence-electron chi connectivity index (χ1n) is 4.49. The van der Waals surface area contributed by atoms with E-state index in [4.69, 9.17) is 11.6 Å². The molecule has 0 aromatic heterocycles. The zero-order chi connectivity index (χ0) is 11.3. The largest absolute Gasteiger partial charge is 0.298 e. The average Bonchev–Trinajstić information content (AvgIpc) is 2.22. The molecule has 1 rings (SSSR count). The molecule has 0 saturated heterocycles. The molecule has 0 atom stereocenters. The minimum absolute atomic E-state index is 0.0427. The van der Waals surface area contributed by atoms with Crippen LogP contribution in [0.5, 0.6) is 0 Å². The van der Waals surface area contributed by atoms with Crippen LogP contribution in [0.25, 0.3) is 0 Å². The van der Waals surface area contributed by atoms with Gasteiger partial charge in [0.15, 0.2) is 0 Å². The van der Waals surface area contributed by atoms with E-state index in [2.05, 4.69) is 11.8 Å². The van der Waals surface area contributed by atoms with Gasteiger partial charge in [0.2, 0.25) is 0 Å². The van der Waals surface area contributed by atoms with Crippen LogP contribution in [-0.2, 0) is 11.2 Å². The van der Waals surface area contributed by atoms with Crippen LogP contribution in [0.3, 0.4) is 0 Å².